The van der Waals surface area contributed by atoms with Crippen molar-refractivity contribution >= 4 is 12.0 Å². The second-order valence-corrected chi connectivity index (χ2v) is 2.42. The first kappa shape index (κ1) is 10.1. The van der Waals surface area contributed by atoms with Crippen molar-refractivity contribution in [3.05, 3.63) is 23.0 Å². The molecule has 1 aromatic rings. The maximum atomic E-state index is 12.3. The van der Waals surface area contributed by atoms with E-state index in [4.69, 9.17) is 11.0 Å². The quantitative estimate of drug-likeness (QED) is 0.724. The van der Waals surface area contributed by atoms with E-state index in [2.05, 4.69) is 4.98 Å². The molecule has 72 valence electrons. The fourth-order valence-corrected chi connectivity index (χ4v) is 0.914. The van der Waals surface area contributed by atoms with Crippen LogP contribution in [-0.2, 0) is 0 Å². The van der Waals surface area contributed by atoms with Crippen LogP contribution in [0.5, 0.6) is 0 Å². The summed E-state index contributed by atoms with van der Waals surface area (Å²) in [6, 6.07) is 2.67. The van der Waals surface area contributed by atoms with Gasteiger partial charge in [-0.3, -0.25) is 4.79 Å². The van der Waals surface area contributed by atoms with E-state index in [0.29, 0.717) is 0 Å². The van der Waals surface area contributed by atoms with Crippen molar-refractivity contribution < 1.29 is 13.6 Å². The predicted molar refractivity (Wildman–Crippen MR) is 43.7 cm³/mol. The molecule has 2 N–H and O–H groups in total. The summed E-state index contributed by atoms with van der Waals surface area (Å²) in [7, 11) is 0. The molecule has 14 heavy (non-hydrogen) atoms. The van der Waals surface area contributed by atoms with Gasteiger partial charge < -0.3 is 5.73 Å². The summed E-state index contributed by atoms with van der Waals surface area (Å²) in [4.78, 5) is 13.6. The molecule has 0 spiro atoms. The van der Waals surface area contributed by atoms with Crippen LogP contribution in [0.4, 0.5) is 14.5 Å². The Labute approximate surface area is 78.0 Å². The van der Waals surface area contributed by atoms with E-state index in [9.17, 15) is 13.6 Å². The van der Waals surface area contributed by atoms with Crippen LogP contribution >= 0.6 is 0 Å². The number of carbonyl (C=O) groups is 1. The summed E-state index contributed by atoms with van der Waals surface area (Å²) in [5, 5.41) is 8.53. The Bertz CT molecular complexity index is 412. The largest absolute Gasteiger partial charge is 0.396 e. The van der Waals surface area contributed by atoms with E-state index in [1.54, 1.807) is 6.07 Å². The van der Waals surface area contributed by atoms with Gasteiger partial charge in [-0.2, -0.15) is 5.26 Å². The highest BCUT2D eigenvalue weighted by molar-refractivity contribution is 5.75. The molecule has 0 unspecified atom stereocenters. The smallest absolute Gasteiger partial charge is 0.282 e. The number of aromatic nitrogens is 1. The average molecular weight is 197 g/mol. The number of hydrogen-bond acceptors (Lipinski definition) is 4. The summed E-state index contributed by atoms with van der Waals surface area (Å²) >= 11 is 0. The molecule has 0 saturated carbocycles. The number of carbonyl (C=O) groups excluding carboxylic acids is 1. The molecule has 0 bridgehead atoms. The molecule has 0 saturated heterocycles. The third-order valence-electron chi connectivity index (χ3n) is 1.56. The Balaban J connectivity index is 3.43. The van der Waals surface area contributed by atoms with Gasteiger partial charge in [0.05, 0.1) is 11.3 Å². The Morgan fingerprint density at radius 2 is 2.29 bits per heavy atom. The van der Waals surface area contributed by atoms with Gasteiger partial charge in [-0.25, -0.2) is 13.8 Å². The van der Waals surface area contributed by atoms with Crippen LogP contribution in [-0.4, -0.2) is 11.3 Å². The van der Waals surface area contributed by atoms with Gasteiger partial charge >= 0.3 is 0 Å². The second kappa shape index (κ2) is 3.79. The Morgan fingerprint density at radius 1 is 1.64 bits per heavy atom. The highest BCUT2D eigenvalue weighted by atomic mass is 19.3. The molecular weight excluding hydrogens is 192 g/mol. The minimum Gasteiger partial charge on any atom is -0.396 e. The number of anilines is 1. The molecule has 0 aliphatic rings. The minimum atomic E-state index is -2.90. The van der Waals surface area contributed by atoms with E-state index < -0.39 is 12.1 Å². The zero-order valence-electron chi connectivity index (χ0n) is 6.87. The van der Waals surface area contributed by atoms with E-state index in [1.165, 1.54) is 0 Å². The molecule has 0 amide bonds. The highest BCUT2D eigenvalue weighted by Crippen LogP contribution is 2.25. The van der Waals surface area contributed by atoms with Gasteiger partial charge in [0.15, 0.2) is 6.29 Å². The van der Waals surface area contributed by atoms with E-state index in [0.717, 1.165) is 6.07 Å². The van der Waals surface area contributed by atoms with Gasteiger partial charge in [0, 0.05) is 0 Å². The Morgan fingerprint density at radius 3 is 2.71 bits per heavy atom. The fourth-order valence-electron chi connectivity index (χ4n) is 0.914. The summed E-state index contributed by atoms with van der Waals surface area (Å²) in [6.07, 6.45) is -2.62. The van der Waals surface area contributed by atoms with Crippen molar-refractivity contribution in [1.82, 2.24) is 4.98 Å². The van der Waals surface area contributed by atoms with Crippen LogP contribution in [0.2, 0.25) is 0 Å². The van der Waals surface area contributed by atoms with Crippen LogP contribution < -0.4 is 5.73 Å². The molecule has 0 aromatic carbocycles. The third kappa shape index (κ3) is 1.66. The molecule has 1 heterocycles. The van der Waals surface area contributed by atoms with Crippen molar-refractivity contribution in [2.24, 2.45) is 0 Å². The minimum absolute atomic E-state index is 0.169. The van der Waals surface area contributed by atoms with Crippen molar-refractivity contribution in [3.8, 4) is 6.07 Å². The van der Waals surface area contributed by atoms with Gasteiger partial charge in [-0.05, 0) is 6.07 Å². The second-order valence-electron chi connectivity index (χ2n) is 2.42. The first-order valence-corrected chi connectivity index (χ1v) is 3.54. The number of alkyl halides is 2. The molecule has 0 radical (unpaired) electrons. The number of aldehydes is 1. The van der Waals surface area contributed by atoms with Crippen LogP contribution in [0.25, 0.3) is 0 Å². The number of nitrogens with two attached hydrogens (primary N) is 1. The van der Waals surface area contributed by atoms with Crippen LogP contribution in [0, 0.1) is 11.3 Å². The summed E-state index contributed by atoms with van der Waals surface area (Å²) in [5.74, 6) is 0. The van der Waals surface area contributed by atoms with Crippen LogP contribution in [0.15, 0.2) is 6.07 Å². The number of nitriles is 1. The molecule has 6 heteroatoms. The van der Waals surface area contributed by atoms with Crippen LogP contribution in [0.3, 0.4) is 0 Å². The van der Waals surface area contributed by atoms with Crippen LogP contribution in [0.1, 0.15) is 28.2 Å². The zero-order chi connectivity index (χ0) is 10.7. The van der Waals surface area contributed by atoms with Crippen molar-refractivity contribution in [1.29, 1.82) is 5.26 Å². The first-order valence-electron chi connectivity index (χ1n) is 3.54. The lowest BCUT2D eigenvalue weighted by Crippen LogP contribution is -2.04. The lowest BCUT2D eigenvalue weighted by atomic mass is 10.1. The van der Waals surface area contributed by atoms with Gasteiger partial charge in [0.1, 0.15) is 17.5 Å². The fraction of sp³-hybridized carbons (Fsp3) is 0.125. The molecule has 4 nitrogen and oxygen atoms in total. The van der Waals surface area contributed by atoms with Crippen molar-refractivity contribution in [2.75, 3.05) is 5.73 Å². The summed E-state index contributed by atoms with van der Waals surface area (Å²) in [5.41, 5.74) is 3.73. The third-order valence-corrected chi connectivity index (χ3v) is 1.56. The molecular formula is C8H5F2N3O. The number of hydrogen-bond donors (Lipinski definition) is 1. The molecule has 1 rings (SSSR count). The van der Waals surface area contributed by atoms with Gasteiger partial charge in [-0.15, -0.1) is 0 Å². The highest BCUT2D eigenvalue weighted by Gasteiger charge is 2.17. The molecule has 0 aliphatic heterocycles. The van der Waals surface area contributed by atoms with E-state index in [1.807, 2.05) is 0 Å². The lowest BCUT2D eigenvalue weighted by Gasteiger charge is -2.05. The maximum Gasteiger partial charge on any atom is 0.282 e. The predicted octanol–water partition coefficient (Wildman–Crippen LogP) is 1.29. The number of nitrogens with zero attached hydrogens (tertiary/aromatic N) is 2. The normalized spacial score (nSPS) is 9.86. The monoisotopic (exact) mass is 197 g/mol. The Kier molecular flexibility index (Phi) is 2.72. The number of halogens is 2. The number of rotatable bonds is 2. The zero-order valence-corrected chi connectivity index (χ0v) is 6.87. The summed E-state index contributed by atoms with van der Waals surface area (Å²) < 4.78 is 24.6. The standard InChI is InChI=1S/C8H5F2N3O/c9-8(10)7-6(12)4(2-11)1-5(3-14)13-7/h1,3,8H,12H2. The Hall–Kier alpha value is -2.03. The maximum absolute atomic E-state index is 12.3. The number of pyridine rings is 1. The van der Waals surface area contributed by atoms with Gasteiger partial charge in [0.2, 0.25) is 0 Å². The first-order chi connectivity index (χ1) is 6.60. The SMILES string of the molecule is N#Cc1cc(C=O)nc(C(F)F)c1N. The van der Waals surface area contributed by atoms with E-state index >= 15 is 0 Å². The lowest BCUT2D eigenvalue weighted by molar-refractivity contribution is 0.111. The molecule has 0 fully saturated rings. The van der Waals surface area contributed by atoms with Gasteiger partial charge in [-0.1, -0.05) is 0 Å². The molecule has 1 aromatic heterocycles. The van der Waals surface area contributed by atoms with Gasteiger partial charge in [0.25, 0.3) is 6.43 Å². The molecule has 0 aliphatic carbocycles. The summed E-state index contributed by atoms with van der Waals surface area (Å²) in [6.45, 7) is 0. The van der Waals surface area contributed by atoms with Crippen molar-refractivity contribution in [2.45, 2.75) is 6.43 Å². The van der Waals surface area contributed by atoms with Crippen molar-refractivity contribution in [3.63, 3.8) is 0 Å². The average Bonchev–Trinajstić information content (AvgIpc) is 2.17. The molecule has 0 atom stereocenters. The number of nitrogen functional groups attached to an aromatic ring is 1. The van der Waals surface area contributed by atoms with E-state index in [-0.39, 0.29) is 23.2 Å². The topological polar surface area (TPSA) is 79.8 Å².